The second kappa shape index (κ2) is 7.86. The lowest BCUT2D eigenvalue weighted by molar-refractivity contribution is 0.0549. The Morgan fingerprint density at radius 1 is 1.19 bits per heavy atom. The number of aliphatic hydroxyl groups excluding tert-OH is 1. The molecule has 2 N–H and O–H groups in total. The molecule has 1 saturated carbocycles. The van der Waals surface area contributed by atoms with E-state index >= 15 is 0 Å². The van der Waals surface area contributed by atoms with E-state index in [2.05, 4.69) is 5.32 Å². The highest BCUT2D eigenvalue weighted by Crippen LogP contribution is 2.32. The van der Waals surface area contributed by atoms with Crippen molar-refractivity contribution < 1.29 is 19.5 Å². The Labute approximate surface area is 153 Å². The number of amides is 4. The summed E-state index contributed by atoms with van der Waals surface area (Å²) in [4.78, 5) is 40.5. The molecule has 1 aliphatic heterocycles. The standard InChI is InChI=1S/C19H25N3O4/c1-2-21(10-11-23)19(26)20-13-8-9-15-16(12-13)18(25)22(17(15)24)14-6-4-3-5-7-14/h8-9,12,14,23H,2-7,10-11H2,1H3,(H,20,26). The van der Waals surface area contributed by atoms with Gasteiger partial charge in [-0.2, -0.15) is 0 Å². The quantitative estimate of drug-likeness (QED) is 0.790. The first-order valence-electron chi connectivity index (χ1n) is 9.25. The average Bonchev–Trinajstić information content (AvgIpc) is 2.90. The Kier molecular flexibility index (Phi) is 5.56. The fourth-order valence-corrected chi connectivity index (χ4v) is 3.73. The van der Waals surface area contributed by atoms with Crippen molar-refractivity contribution in [1.82, 2.24) is 9.80 Å². The Balaban J connectivity index is 1.78. The lowest BCUT2D eigenvalue weighted by Crippen LogP contribution is -2.40. The van der Waals surface area contributed by atoms with Gasteiger partial charge in [-0.05, 0) is 38.0 Å². The number of rotatable bonds is 5. The van der Waals surface area contributed by atoms with Crippen LogP contribution in [0.3, 0.4) is 0 Å². The topological polar surface area (TPSA) is 89.9 Å². The van der Waals surface area contributed by atoms with E-state index in [1.54, 1.807) is 18.2 Å². The largest absolute Gasteiger partial charge is 0.395 e. The molecule has 3 rings (SSSR count). The van der Waals surface area contributed by atoms with E-state index in [-0.39, 0.29) is 37.0 Å². The summed E-state index contributed by atoms with van der Waals surface area (Å²) in [5.41, 5.74) is 1.22. The number of nitrogens with zero attached hydrogens (tertiary/aromatic N) is 2. The number of likely N-dealkylation sites (N-methyl/N-ethyl adjacent to an activating group) is 1. The van der Waals surface area contributed by atoms with Gasteiger partial charge in [0, 0.05) is 24.8 Å². The van der Waals surface area contributed by atoms with Gasteiger partial charge in [-0.15, -0.1) is 0 Å². The summed E-state index contributed by atoms with van der Waals surface area (Å²) in [6, 6.07) is 4.45. The fraction of sp³-hybridized carbons (Fsp3) is 0.526. The average molecular weight is 359 g/mol. The van der Waals surface area contributed by atoms with E-state index in [4.69, 9.17) is 5.11 Å². The van der Waals surface area contributed by atoms with Crippen LogP contribution in [0, 0.1) is 0 Å². The molecule has 0 saturated heterocycles. The van der Waals surface area contributed by atoms with Crippen LogP contribution in [0.25, 0.3) is 0 Å². The molecule has 1 aromatic rings. The highest BCUT2D eigenvalue weighted by molar-refractivity contribution is 6.22. The summed E-state index contributed by atoms with van der Waals surface area (Å²) in [7, 11) is 0. The summed E-state index contributed by atoms with van der Waals surface area (Å²) < 4.78 is 0. The minimum Gasteiger partial charge on any atom is -0.395 e. The smallest absolute Gasteiger partial charge is 0.321 e. The number of urea groups is 1. The van der Waals surface area contributed by atoms with Crippen LogP contribution in [0.1, 0.15) is 59.7 Å². The third kappa shape index (κ3) is 3.44. The molecule has 140 valence electrons. The SMILES string of the molecule is CCN(CCO)C(=O)Nc1ccc2c(c1)C(=O)N(C1CCCCC1)C2=O. The van der Waals surface area contributed by atoms with Crippen molar-refractivity contribution in [2.75, 3.05) is 25.0 Å². The summed E-state index contributed by atoms with van der Waals surface area (Å²) >= 11 is 0. The Morgan fingerprint density at radius 2 is 1.88 bits per heavy atom. The molecule has 0 atom stereocenters. The third-order valence-electron chi connectivity index (χ3n) is 5.15. The second-order valence-corrected chi connectivity index (χ2v) is 6.77. The minimum atomic E-state index is -0.345. The maximum atomic E-state index is 12.8. The van der Waals surface area contributed by atoms with Crippen molar-refractivity contribution >= 4 is 23.5 Å². The Bertz CT molecular complexity index is 713. The van der Waals surface area contributed by atoms with E-state index in [0.717, 1.165) is 32.1 Å². The number of hydrogen-bond acceptors (Lipinski definition) is 4. The predicted octanol–water partition coefficient (Wildman–Crippen LogP) is 2.46. The van der Waals surface area contributed by atoms with Crippen molar-refractivity contribution in [2.45, 2.75) is 45.1 Å². The molecule has 1 fully saturated rings. The Morgan fingerprint density at radius 3 is 2.54 bits per heavy atom. The summed E-state index contributed by atoms with van der Waals surface area (Å²) in [6.45, 7) is 2.40. The lowest BCUT2D eigenvalue weighted by atomic mass is 9.94. The van der Waals surface area contributed by atoms with Crippen molar-refractivity contribution in [2.24, 2.45) is 0 Å². The van der Waals surface area contributed by atoms with E-state index in [0.29, 0.717) is 23.4 Å². The molecule has 0 aromatic heterocycles. The van der Waals surface area contributed by atoms with Gasteiger partial charge in [0.1, 0.15) is 0 Å². The molecule has 1 aromatic carbocycles. The molecule has 7 heteroatoms. The number of aliphatic hydroxyl groups is 1. The number of hydrogen-bond donors (Lipinski definition) is 2. The van der Waals surface area contributed by atoms with Crippen LogP contribution in [0.4, 0.5) is 10.5 Å². The first-order valence-corrected chi connectivity index (χ1v) is 9.25. The van der Waals surface area contributed by atoms with E-state index in [1.807, 2.05) is 6.92 Å². The van der Waals surface area contributed by atoms with Crippen LogP contribution < -0.4 is 5.32 Å². The molecule has 7 nitrogen and oxygen atoms in total. The van der Waals surface area contributed by atoms with Crippen molar-refractivity contribution in [3.63, 3.8) is 0 Å². The van der Waals surface area contributed by atoms with Gasteiger partial charge in [-0.25, -0.2) is 4.79 Å². The van der Waals surface area contributed by atoms with Gasteiger partial charge < -0.3 is 15.3 Å². The number of benzene rings is 1. The number of carbonyl (C=O) groups excluding carboxylic acids is 3. The zero-order chi connectivity index (χ0) is 18.7. The van der Waals surface area contributed by atoms with Crippen LogP contribution >= 0.6 is 0 Å². The number of carbonyl (C=O) groups is 3. The van der Waals surface area contributed by atoms with Crippen LogP contribution in [0.15, 0.2) is 18.2 Å². The fourth-order valence-electron chi connectivity index (χ4n) is 3.73. The first-order chi connectivity index (χ1) is 12.6. The summed E-state index contributed by atoms with van der Waals surface area (Å²) in [6.07, 6.45) is 4.95. The maximum Gasteiger partial charge on any atom is 0.321 e. The van der Waals surface area contributed by atoms with Gasteiger partial charge in [0.15, 0.2) is 0 Å². The van der Waals surface area contributed by atoms with E-state index < -0.39 is 0 Å². The van der Waals surface area contributed by atoms with Crippen LogP contribution in [-0.4, -0.2) is 58.5 Å². The Hall–Kier alpha value is -2.41. The highest BCUT2D eigenvalue weighted by atomic mass is 16.3. The molecular weight excluding hydrogens is 334 g/mol. The van der Waals surface area contributed by atoms with Gasteiger partial charge in [0.05, 0.1) is 17.7 Å². The molecule has 1 aliphatic carbocycles. The molecule has 0 spiro atoms. The van der Waals surface area contributed by atoms with Gasteiger partial charge in [-0.1, -0.05) is 19.3 Å². The van der Waals surface area contributed by atoms with Gasteiger partial charge in [-0.3, -0.25) is 14.5 Å². The van der Waals surface area contributed by atoms with Gasteiger partial charge >= 0.3 is 6.03 Å². The molecule has 1 heterocycles. The van der Waals surface area contributed by atoms with Crippen molar-refractivity contribution in [3.8, 4) is 0 Å². The van der Waals surface area contributed by atoms with Crippen molar-refractivity contribution in [1.29, 1.82) is 0 Å². The molecule has 0 unspecified atom stereocenters. The van der Waals surface area contributed by atoms with Gasteiger partial charge in [0.2, 0.25) is 0 Å². The predicted molar refractivity (Wildman–Crippen MR) is 97.2 cm³/mol. The number of fused-ring (bicyclic) bond motifs is 1. The van der Waals surface area contributed by atoms with Crippen LogP contribution in [-0.2, 0) is 0 Å². The second-order valence-electron chi connectivity index (χ2n) is 6.77. The molecule has 26 heavy (non-hydrogen) atoms. The van der Waals surface area contributed by atoms with Gasteiger partial charge in [0.25, 0.3) is 11.8 Å². The van der Waals surface area contributed by atoms with E-state index in [9.17, 15) is 14.4 Å². The molecular formula is C19H25N3O4. The lowest BCUT2D eigenvalue weighted by Gasteiger charge is -2.29. The number of nitrogens with one attached hydrogen (secondary N) is 1. The molecule has 4 amide bonds. The van der Waals surface area contributed by atoms with Crippen molar-refractivity contribution in [3.05, 3.63) is 29.3 Å². The molecule has 0 radical (unpaired) electrons. The number of anilines is 1. The molecule has 2 aliphatic rings. The minimum absolute atomic E-state index is 0.0191. The first kappa shape index (κ1) is 18.4. The molecule has 0 bridgehead atoms. The number of imide groups is 1. The van der Waals surface area contributed by atoms with E-state index in [1.165, 1.54) is 9.80 Å². The highest BCUT2D eigenvalue weighted by Gasteiger charge is 2.40. The third-order valence-corrected chi connectivity index (χ3v) is 5.15. The summed E-state index contributed by atoms with van der Waals surface area (Å²) in [5.74, 6) is -0.499. The van der Waals surface area contributed by atoms with Crippen LogP contribution in [0.2, 0.25) is 0 Å². The zero-order valence-corrected chi connectivity index (χ0v) is 15.0. The monoisotopic (exact) mass is 359 g/mol. The zero-order valence-electron chi connectivity index (χ0n) is 15.0. The van der Waals surface area contributed by atoms with Crippen LogP contribution in [0.5, 0.6) is 0 Å². The maximum absolute atomic E-state index is 12.8. The normalized spacial score (nSPS) is 17.4. The summed E-state index contributed by atoms with van der Waals surface area (Å²) in [5, 5.41) is 11.7.